The van der Waals surface area contributed by atoms with Gasteiger partial charge in [-0.15, -0.1) is 6.58 Å². The highest BCUT2D eigenvalue weighted by Gasteiger charge is 2.23. The number of hydrogen-bond acceptors (Lipinski definition) is 4. The van der Waals surface area contributed by atoms with Gasteiger partial charge in [-0.3, -0.25) is 4.79 Å². The van der Waals surface area contributed by atoms with Gasteiger partial charge in [0, 0.05) is 25.2 Å². The van der Waals surface area contributed by atoms with Crippen molar-refractivity contribution < 1.29 is 13.2 Å². The molecule has 1 aliphatic heterocycles. The number of carbonyl (C=O) groups is 1. The number of amides is 1. The molecule has 0 radical (unpaired) electrons. The van der Waals surface area contributed by atoms with Gasteiger partial charge in [0.1, 0.15) is 0 Å². The standard InChI is InChI=1S/C18H27N3O3S/c1-3-11-20-25(23,24)17-6-4-16(5-7-17)18(22)21-13-9-15(10-14-21)8-12-19-2/h3-7,15,19-20H,1,8-14H2,2H3. The number of nitrogens with one attached hydrogen (secondary N) is 2. The molecule has 25 heavy (non-hydrogen) atoms. The predicted octanol–water partition coefficient (Wildman–Crippen LogP) is 1.61. The Morgan fingerprint density at radius 1 is 1.28 bits per heavy atom. The van der Waals surface area contributed by atoms with Gasteiger partial charge in [0.25, 0.3) is 5.91 Å². The van der Waals surface area contributed by atoms with E-state index in [1.54, 1.807) is 12.1 Å². The quantitative estimate of drug-likeness (QED) is 0.686. The van der Waals surface area contributed by atoms with E-state index in [9.17, 15) is 13.2 Å². The van der Waals surface area contributed by atoms with E-state index < -0.39 is 10.0 Å². The molecule has 138 valence electrons. The molecule has 0 bridgehead atoms. The van der Waals surface area contributed by atoms with Crippen LogP contribution in [0.1, 0.15) is 29.6 Å². The van der Waals surface area contributed by atoms with Crippen molar-refractivity contribution in [3.63, 3.8) is 0 Å². The molecule has 2 N–H and O–H groups in total. The second-order valence-corrected chi connectivity index (χ2v) is 8.06. The molecule has 1 fully saturated rings. The Bertz CT molecular complexity index is 678. The fraction of sp³-hybridized carbons (Fsp3) is 0.500. The largest absolute Gasteiger partial charge is 0.339 e. The van der Waals surface area contributed by atoms with E-state index in [2.05, 4.69) is 16.6 Å². The lowest BCUT2D eigenvalue weighted by atomic mass is 9.93. The summed E-state index contributed by atoms with van der Waals surface area (Å²) < 4.78 is 26.5. The monoisotopic (exact) mass is 365 g/mol. The van der Waals surface area contributed by atoms with Gasteiger partial charge in [-0.1, -0.05) is 6.08 Å². The van der Waals surface area contributed by atoms with Crippen LogP contribution in [-0.2, 0) is 10.0 Å². The molecular formula is C18H27N3O3S. The molecule has 6 nitrogen and oxygen atoms in total. The van der Waals surface area contributed by atoms with Crippen molar-refractivity contribution in [3.8, 4) is 0 Å². The fourth-order valence-corrected chi connectivity index (χ4v) is 3.98. The van der Waals surface area contributed by atoms with Crippen LogP contribution in [0.4, 0.5) is 0 Å². The van der Waals surface area contributed by atoms with Crippen LogP contribution in [0.2, 0.25) is 0 Å². The van der Waals surface area contributed by atoms with Crippen LogP contribution in [0.25, 0.3) is 0 Å². The van der Waals surface area contributed by atoms with Crippen LogP contribution in [0.15, 0.2) is 41.8 Å². The molecule has 0 aliphatic carbocycles. The highest BCUT2D eigenvalue weighted by Crippen LogP contribution is 2.22. The predicted molar refractivity (Wildman–Crippen MR) is 99.0 cm³/mol. The van der Waals surface area contributed by atoms with Gasteiger partial charge in [-0.25, -0.2) is 13.1 Å². The zero-order chi connectivity index (χ0) is 18.3. The maximum absolute atomic E-state index is 12.6. The van der Waals surface area contributed by atoms with E-state index in [4.69, 9.17) is 0 Å². The molecule has 0 atom stereocenters. The fourth-order valence-electron chi connectivity index (χ4n) is 2.98. The summed E-state index contributed by atoms with van der Waals surface area (Å²) >= 11 is 0. The molecule has 0 spiro atoms. The summed E-state index contributed by atoms with van der Waals surface area (Å²) in [5.74, 6) is 0.634. The SMILES string of the molecule is C=CCNS(=O)(=O)c1ccc(C(=O)N2CCC(CCNC)CC2)cc1. The minimum Gasteiger partial charge on any atom is -0.339 e. The summed E-state index contributed by atoms with van der Waals surface area (Å²) in [6, 6.07) is 6.10. The summed E-state index contributed by atoms with van der Waals surface area (Å²) in [4.78, 5) is 14.6. The van der Waals surface area contributed by atoms with Crippen molar-refractivity contribution >= 4 is 15.9 Å². The first-order chi connectivity index (χ1) is 12.0. The summed E-state index contributed by atoms with van der Waals surface area (Å²) in [7, 11) is -1.60. The molecule has 1 heterocycles. The Labute approximate surface area is 150 Å². The summed E-state index contributed by atoms with van der Waals surface area (Å²) in [6.45, 7) is 6.18. The topological polar surface area (TPSA) is 78.5 Å². The Balaban J connectivity index is 1.96. The van der Waals surface area contributed by atoms with E-state index in [-0.39, 0.29) is 17.3 Å². The van der Waals surface area contributed by atoms with Crippen LogP contribution in [0.5, 0.6) is 0 Å². The summed E-state index contributed by atoms with van der Waals surface area (Å²) in [5.41, 5.74) is 0.524. The van der Waals surface area contributed by atoms with Crippen molar-refractivity contribution in [2.45, 2.75) is 24.2 Å². The number of carbonyl (C=O) groups excluding carboxylic acids is 1. The van der Waals surface area contributed by atoms with Crippen LogP contribution in [-0.4, -0.2) is 52.5 Å². The highest BCUT2D eigenvalue weighted by atomic mass is 32.2. The number of likely N-dealkylation sites (tertiary alicyclic amines) is 1. The Kier molecular flexibility index (Phi) is 7.16. The van der Waals surface area contributed by atoms with Crippen LogP contribution in [0, 0.1) is 5.92 Å². The molecule has 1 aromatic rings. The lowest BCUT2D eigenvalue weighted by molar-refractivity contribution is 0.0687. The number of nitrogens with zero attached hydrogens (tertiary/aromatic N) is 1. The van der Waals surface area contributed by atoms with Gasteiger partial charge in [0.15, 0.2) is 0 Å². The van der Waals surface area contributed by atoms with Crippen molar-refractivity contribution in [2.24, 2.45) is 5.92 Å². The lowest BCUT2D eigenvalue weighted by Crippen LogP contribution is -2.39. The molecule has 0 unspecified atom stereocenters. The van der Waals surface area contributed by atoms with E-state index in [0.29, 0.717) is 11.5 Å². The summed E-state index contributed by atoms with van der Waals surface area (Å²) in [5, 5.41) is 3.16. The van der Waals surface area contributed by atoms with Crippen molar-refractivity contribution in [2.75, 3.05) is 33.2 Å². The van der Waals surface area contributed by atoms with E-state index in [1.807, 2.05) is 11.9 Å². The van der Waals surface area contributed by atoms with Gasteiger partial charge in [0.2, 0.25) is 10.0 Å². The van der Waals surface area contributed by atoms with E-state index >= 15 is 0 Å². The van der Waals surface area contributed by atoms with Gasteiger partial charge in [0.05, 0.1) is 4.90 Å². The molecule has 0 aromatic heterocycles. The maximum atomic E-state index is 12.6. The third-order valence-corrected chi connectivity index (χ3v) is 5.97. The number of hydrogen-bond donors (Lipinski definition) is 2. The number of rotatable bonds is 8. The molecule has 1 aromatic carbocycles. The minimum atomic E-state index is -3.56. The molecule has 2 rings (SSSR count). The van der Waals surface area contributed by atoms with Gasteiger partial charge < -0.3 is 10.2 Å². The molecular weight excluding hydrogens is 338 g/mol. The second-order valence-electron chi connectivity index (χ2n) is 6.29. The second kappa shape index (κ2) is 9.12. The first-order valence-corrected chi connectivity index (χ1v) is 10.1. The van der Waals surface area contributed by atoms with Crippen molar-refractivity contribution in [1.29, 1.82) is 0 Å². The third-order valence-electron chi connectivity index (χ3n) is 4.53. The lowest BCUT2D eigenvalue weighted by Gasteiger charge is -2.32. The Hall–Kier alpha value is -1.70. The summed E-state index contributed by atoms with van der Waals surface area (Å²) in [6.07, 6.45) is 4.66. The Morgan fingerprint density at radius 2 is 1.92 bits per heavy atom. The van der Waals surface area contributed by atoms with E-state index in [0.717, 1.165) is 38.9 Å². The van der Waals surface area contributed by atoms with Crippen molar-refractivity contribution in [1.82, 2.24) is 14.9 Å². The van der Waals surface area contributed by atoms with Crippen LogP contribution >= 0.6 is 0 Å². The smallest absolute Gasteiger partial charge is 0.253 e. The van der Waals surface area contributed by atoms with Crippen molar-refractivity contribution in [3.05, 3.63) is 42.5 Å². The van der Waals surface area contributed by atoms with Crippen LogP contribution in [0.3, 0.4) is 0 Å². The van der Waals surface area contributed by atoms with E-state index in [1.165, 1.54) is 18.2 Å². The van der Waals surface area contributed by atoms with Gasteiger partial charge in [-0.2, -0.15) is 0 Å². The van der Waals surface area contributed by atoms with Gasteiger partial charge >= 0.3 is 0 Å². The number of sulfonamides is 1. The first-order valence-electron chi connectivity index (χ1n) is 8.62. The first kappa shape index (κ1) is 19.6. The molecule has 0 saturated carbocycles. The molecule has 1 aliphatic rings. The normalized spacial score (nSPS) is 16.0. The number of benzene rings is 1. The highest BCUT2D eigenvalue weighted by molar-refractivity contribution is 7.89. The molecule has 7 heteroatoms. The average Bonchev–Trinajstić information content (AvgIpc) is 2.64. The molecule has 1 saturated heterocycles. The zero-order valence-corrected chi connectivity index (χ0v) is 15.5. The Morgan fingerprint density at radius 3 is 2.48 bits per heavy atom. The average molecular weight is 365 g/mol. The zero-order valence-electron chi connectivity index (χ0n) is 14.7. The van der Waals surface area contributed by atoms with Gasteiger partial charge in [-0.05, 0) is 63.0 Å². The number of piperidine rings is 1. The third kappa shape index (κ3) is 5.39. The maximum Gasteiger partial charge on any atom is 0.253 e. The molecule has 1 amide bonds. The minimum absolute atomic E-state index is 0.0323. The van der Waals surface area contributed by atoms with Crippen LogP contribution < -0.4 is 10.0 Å².